The number of amides is 3. The predicted molar refractivity (Wildman–Crippen MR) is 130 cm³/mol. The van der Waals surface area contributed by atoms with Gasteiger partial charge in [0.25, 0.3) is 0 Å². The van der Waals surface area contributed by atoms with E-state index in [-0.39, 0.29) is 30.9 Å². The van der Waals surface area contributed by atoms with E-state index in [1.54, 1.807) is 11.8 Å². The van der Waals surface area contributed by atoms with Crippen molar-refractivity contribution in [2.24, 2.45) is 16.5 Å². The van der Waals surface area contributed by atoms with E-state index in [0.29, 0.717) is 44.4 Å². The van der Waals surface area contributed by atoms with Gasteiger partial charge in [-0.25, -0.2) is 4.79 Å². The van der Waals surface area contributed by atoms with E-state index in [0.717, 1.165) is 13.0 Å². The number of nitrogens with zero attached hydrogens (tertiary/aromatic N) is 2. The van der Waals surface area contributed by atoms with Crippen LogP contribution in [0.2, 0.25) is 0 Å². The van der Waals surface area contributed by atoms with E-state index in [1.807, 2.05) is 6.26 Å². The number of carbonyl (C=O) groups excluding carboxylic acids is 3. The van der Waals surface area contributed by atoms with E-state index in [4.69, 9.17) is 11.5 Å². The number of aliphatic imine (C=N–C) groups is 1. The summed E-state index contributed by atoms with van der Waals surface area (Å²) >= 11 is 1.55. The number of thioether (sulfide) groups is 1. The van der Waals surface area contributed by atoms with Gasteiger partial charge in [0.05, 0.1) is 6.04 Å². The molecule has 2 rings (SSSR count). The first-order chi connectivity index (χ1) is 16.2. The number of carboxylic acid groups (broad SMARTS) is 1. The standard InChI is InChI=1S/C21H37N7O5S/c1-34-12-8-14(26-17(29)13-5-2-9-24-13)18(30)27-15(6-3-10-25-21(22)23)19(31)28-11-4-7-16(28)20(32)33/h13-16,24H,2-12H2,1H3,(H,26,29)(H,27,30)(H,32,33)(H4,22,23,25). The Morgan fingerprint density at radius 3 is 2.53 bits per heavy atom. The molecule has 2 fully saturated rings. The van der Waals surface area contributed by atoms with E-state index in [9.17, 15) is 24.3 Å². The zero-order valence-electron chi connectivity index (χ0n) is 19.6. The fraction of sp³-hybridized carbons (Fsp3) is 0.762. The molecule has 0 aliphatic carbocycles. The van der Waals surface area contributed by atoms with Crippen LogP contribution in [0.5, 0.6) is 0 Å². The molecule has 0 aromatic carbocycles. The Bertz CT molecular complexity index is 756. The van der Waals surface area contributed by atoms with Gasteiger partial charge >= 0.3 is 5.97 Å². The third-order valence-corrected chi connectivity index (χ3v) is 6.65. The Balaban J connectivity index is 2.11. The molecule has 3 amide bonds. The van der Waals surface area contributed by atoms with Crippen LogP contribution in [0.15, 0.2) is 4.99 Å². The topological polar surface area (TPSA) is 192 Å². The highest BCUT2D eigenvalue weighted by atomic mass is 32.2. The molecule has 4 atom stereocenters. The van der Waals surface area contributed by atoms with Gasteiger partial charge in [-0.1, -0.05) is 0 Å². The van der Waals surface area contributed by atoms with Gasteiger partial charge in [0, 0.05) is 13.1 Å². The maximum atomic E-state index is 13.3. The van der Waals surface area contributed by atoms with Gasteiger partial charge in [-0.3, -0.25) is 19.4 Å². The molecule has 13 heteroatoms. The summed E-state index contributed by atoms with van der Waals surface area (Å²) in [6.07, 6.45) is 5.51. The van der Waals surface area contributed by atoms with Gasteiger partial charge in [-0.15, -0.1) is 0 Å². The minimum absolute atomic E-state index is 0.0715. The number of aliphatic carboxylic acids is 1. The normalized spacial score (nSPS) is 21.5. The zero-order chi connectivity index (χ0) is 25.1. The molecule has 0 saturated carbocycles. The van der Waals surface area contributed by atoms with Crippen LogP contribution in [0.25, 0.3) is 0 Å². The lowest BCUT2D eigenvalue weighted by Crippen LogP contribution is -2.57. The molecule has 0 spiro atoms. The van der Waals surface area contributed by atoms with E-state index in [2.05, 4.69) is 20.9 Å². The van der Waals surface area contributed by atoms with Crippen molar-refractivity contribution in [2.75, 3.05) is 31.6 Å². The number of hydrogen-bond acceptors (Lipinski definition) is 7. The van der Waals surface area contributed by atoms with Crippen LogP contribution in [-0.4, -0.2) is 95.5 Å². The van der Waals surface area contributed by atoms with Crippen LogP contribution < -0.4 is 27.4 Å². The fourth-order valence-corrected chi connectivity index (χ4v) is 4.68. The lowest BCUT2D eigenvalue weighted by molar-refractivity contribution is -0.149. The Labute approximate surface area is 204 Å². The van der Waals surface area contributed by atoms with E-state index < -0.39 is 35.9 Å². The fourth-order valence-electron chi connectivity index (χ4n) is 4.21. The third kappa shape index (κ3) is 8.35. The molecule has 0 aromatic rings. The molecule has 2 aliphatic rings. The number of nitrogens with two attached hydrogens (primary N) is 2. The van der Waals surface area contributed by atoms with Crippen LogP contribution in [0.4, 0.5) is 0 Å². The van der Waals surface area contributed by atoms with Crippen molar-refractivity contribution in [3.8, 4) is 0 Å². The Kier molecular flexibility index (Phi) is 11.4. The maximum absolute atomic E-state index is 13.3. The summed E-state index contributed by atoms with van der Waals surface area (Å²) in [6, 6.07) is -2.99. The average Bonchev–Trinajstić information content (AvgIpc) is 3.50. The number of likely N-dealkylation sites (tertiary alicyclic amines) is 1. The number of hydrogen-bond donors (Lipinski definition) is 6. The van der Waals surface area contributed by atoms with Gasteiger partial charge in [0.1, 0.15) is 18.1 Å². The monoisotopic (exact) mass is 499 g/mol. The number of guanidine groups is 1. The first-order valence-corrected chi connectivity index (χ1v) is 13.1. The van der Waals surface area contributed by atoms with Crippen molar-refractivity contribution in [1.29, 1.82) is 0 Å². The van der Waals surface area contributed by atoms with Crippen molar-refractivity contribution in [2.45, 2.75) is 69.1 Å². The summed E-state index contributed by atoms with van der Waals surface area (Å²) < 4.78 is 0. The first kappa shape index (κ1) is 27.7. The second-order valence-corrected chi connectivity index (χ2v) is 9.52. The maximum Gasteiger partial charge on any atom is 0.326 e. The van der Waals surface area contributed by atoms with Crippen LogP contribution in [0.1, 0.15) is 44.9 Å². The van der Waals surface area contributed by atoms with Gasteiger partial charge < -0.3 is 37.4 Å². The first-order valence-electron chi connectivity index (χ1n) is 11.7. The summed E-state index contributed by atoms with van der Waals surface area (Å²) in [5.41, 5.74) is 10.7. The van der Waals surface area contributed by atoms with Crippen LogP contribution in [0, 0.1) is 0 Å². The number of carbonyl (C=O) groups is 4. The molecule has 8 N–H and O–H groups in total. The van der Waals surface area contributed by atoms with Gasteiger partial charge in [-0.05, 0) is 63.5 Å². The Morgan fingerprint density at radius 2 is 1.91 bits per heavy atom. The lowest BCUT2D eigenvalue weighted by atomic mass is 10.1. The molecule has 34 heavy (non-hydrogen) atoms. The average molecular weight is 500 g/mol. The lowest BCUT2D eigenvalue weighted by Gasteiger charge is -2.29. The van der Waals surface area contributed by atoms with Crippen LogP contribution in [-0.2, 0) is 19.2 Å². The SMILES string of the molecule is CSCCC(NC(=O)C1CCCN1)C(=O)NC(CCCN=C(N)N)C(=O)N1CCCC1C(=O)O. The highest BCUT2D eigenvalue weighted by Gasteiger charge is 2.38. The number of carboxylic acids is 1. The van der Waals surface area contributed by atoms with Crippen molar-refractivity contribution in [3.05, 3.63) is 0 Å². The molecule has 2 saturated heterocycles. The van der Waals surface area contributed by atoms with E-state index >= 15 is 0 Å². The van der Waals surface area contributed by atoms with E-state index in [1.165, 1.54) is 4.90 Å². The molecule has 12 nitrogen and oxygen atoms in total. The number of nitrogens with one attached hydrogen (secondary N) is 3. The van der Waals surface area contributed by atoms with Gasteiger partial charge in [-0.2, -0.15) is 11.8 Å². The summed E-state index contributed by atoms with van der Waals surface area (Å²) in [5, 5.41) is 18.2. The predicted octanol–water partition coefficient (Wildman–Crippen LogP) is -1.41. The molecule has 4 unspecified atom stereocenters. The quantitative estimate of drug-likeness (QED) is 0.100. The van der Waals surface area contributed by atoms with Crippen molar-refractivity contribution in [1.82, 2.24) is 20.9 Å². The van der Waals surface area contributed by atoms with Gasteiger partial charge in [0.15, 0.2) is 5.96 Å². The minimum Gasteiger partial charge on any atom is -0.480 e. The van der Waals surface area contributed by atoms with Crippen molar-refractivity contribution in [3.63, 3.8) is 0 Å². The van der Waals surface area contributed by atoms with Crippen molar-refractivity contribution >= 4 is 41.4 Å². The van der Waals surface area contributed by atoms with Gasteiger partial charge in [0.2, 0.25) is 17.7 Å². The molecular weight excluding hydrogens is 462 g/mol. The summed E-state index contributed by atoms with van der Waals surface area (Å²) in [6.45, 7) is 1.34. The molecule has 0 bridgehead atoms. The third-order valence-electron chi connectivity index (χ3n) is 6.00. The molecular formula is C21H37N7O5S. The Hall–Kier alpha value is -2.54. The van der Waals surface area contributed by atoms with Crippen LogP contribution in [0.3, 0.4) is 0 Å². The molecule has 2 heterocycles. The van der Waals surface area contributed by atoms with Crippen LogP contribution >= 0.6 is 11.8 Å². The molecule has 2 aliphatic heterocycles. The summed E-state index contributed by atoms with van der Waals surface area (Å²) in [7, 11) is 0. The molecule has 0 radical (unpaired) electrons. The second-order valence-electron chi connectivity index (χ2n) is 8.53. The Morgan fingerprint density at radius 1 is 1.15 bits per heavy atom. The number of rotatable bonds is 13. The molecule has 192 valence electrons. The highest BCUT2D eigenvalue weighted by Crippen LogP contribution is 2.20. The van der Waals surface area contributed by atoms with Crippen molar-refractivity contribution < 1.29 is 24.3 Å². The molecule has 0 aromatic heterocycles. The highest BCUT2D eigenvalue weighted by molar-refractivity contribution is 7.98. The largest absolute Gasteiger partial charge is 0.480 e. The summed E-state index contributed by atoms with van der Waals surface area (Å²) in [4.78, 5) is 55.8. The second kappa shape index (κ2) is 14.0. The minimum atomic E-state index is -1.06. The smallest absolute Gasteiger partial charge is 0.326 e. The zero-order valence-corrected chi connectivity index (χ0v) is 20.4. The summed E-state index contributed by atoms with van der Waals surface area (Å²) in [5.74, 6) is -1.64.